The van der Waals surface area contributed by atoms with E-state index in [9.17, 15) is 0 Å². The lowest BCUT2D eigenvalue weighted by Gasteiger charge is -2.04. The fraction of sp³-hybridized carbons (Fsp3) is 0.182. The van der Waals surface area contributed by atoms with Crippen LogP contribution in [0.5, 0.6) is 5.75 Å². The lowest BCUT2D eigenvalue weighted by Crippen LogP contribution is -1.93. The zero-order chi connectivity index (χ0) is 11.0. The highest BCUT2D eigenvalue weighted by Crippen LogP contribution is 2.33. The maximum Gasteiger partial charge on any atom is 0.142 e. The second kappa shape index (κ2) is 3.21. The summed E-state index contributed by atoms with van der Waals surface area (Å²) < 4.78 is 5.11. The van der Waals surface area contributed by atoms with Gasteiger partial charge in [-0.3, -0.25) is 0 Å². The van der Waals surface area contributed by atoms with Crippen molar-refractivity contribution in [3.8, 4) is 11.8 Å². The van der Waals surface area contributed by atoms with Crippen molar-refractivity contribution >= 4 is 16.6 Å². The summed E-state index contributed by atoms with van der Waals surface area (Å²) in [6.07, 6.45) is 0. The third kappa shape index (κ3) is 1.21. The van der Waals surface area contributed by atoms with E-state index in [4.69, 9.17) is 15.7 Å². The molecule has 2 rings (SSSR count). The predicted molar refractivity (Wildman–Crippen MR) is 58.7 cm³/mol. The number of ether oxygens (including phenoxy) is 1. The molecule has 76 valence electrons. The summed E-state index contributed by atoms with van der Waals surface area (Å²) >= 11 is 0. The molecular formula is C11H11N3O. The number of nitrogen functional groups attached to an aromatic ring is 1. The number of hydrogen-bond donors (Lipinski definition) is 2. The molecule has 0 fully saturated rings. The van der Waals surface area contributed by atoms with Crippen molar-refractivity contribution in [3.05, 3.63) is 23.4 Å². The number of aromatic nitrogens is 1. The predicted octanol–water partition coefficient (Wildman–Crippen LogP) is 1.94. The van der Waals surface area contributed by atoms with Gasteiger partial charge in [-0.2, -0.15) is 5.26 Å². The summed E-state index contributed by atoms with van der Waals surface area (Å²) in [6.45, 7) is 1.85. The van der Waals surface area contributed by atoms with Crippen LogP contribution in [0, 0.1) is 18.3 Å². The van der Waals surface area contributed by atoms with Crippen LogP contribution < -0.4 is 10.5 Å². The molecule has 0 aliphatic rings. The molecule has 0 radical (unpaired) electrons. The zero-order valence-electron chi connectivity index (χ0n) is 8.59. The monoisotopic (exact) mass is 201 g/mol. The Balaban J connectivity index is 2.91. The van der Waals surface area contributed by atoms with Crippen LogP contribution in [-0.2, 0) is 0 Å². The number of anilines is 1. The summed E-state index contributed by atoms with van der Waals surface area (Å²) in [6, 6.07) is 5.79. The lowest BCUT2D eigenvalue weighted by molar-refractivity contribution is 0.417. The van der Waals surface area contributed by atoms with E-state index >= 15 is 0 Å². The zero-order valence-corrected chi connectivity index (χ0v) is 8.59. The summed E-state index contributed by atoms with van der Waals surface area (Å²) in [7, 11) is 1.56. The number of methoxy groups -OCH3 is 1. The molecule has 0 saturated heterocycles. The van der Waals surface area contributed by atoms with Crippen molar-refractivity contribution in [3.63, 3.8) is 0 Å². The highest BCUT2D eigenvalue weighted by atomic mass is 16.5. The normalized spacial score (nSPS) is 10.2. The molecule has 1 heterocycles. The Morgan fingerprint density at radius 2 is 2.20 bits per heavy atom. The number of fused-ring (bicyclic) bond motifs is 1. The molecule has 15 heavy (non-hydrogen) atoms. The van der Waals surface area contributed by atoms with Crippen molar-refractivity contribution in [2.75, 3.05) is 12.8 Å². The van der Waals surface area contributed by atoms with E-state index in [-0.39, 0.29) is 0 Å². The Morgan fingerprint density at radius 3 is 2.80 bits per heavy atom. The Hall–Kier alpha value is -2.15. The van der Waals surface area contributed by atoms with Gasteiger partial charge in [0.25, 0.3) is 0 Å². The molecule has 1 aromatic heterocycles. The van der Waals surface area contributed by atoms with Gasteiger partial charge in [0.1, 0.15) is 11.8 Å². The number of nitrogens with two attached hydrogens (primary N) is 1. The van der Waals surface area contributed by atoms with Crippen molar-refractivity contribution in [2.24, 2.45) is 0 Å². The molecule has 1 aromatic carbocycles. The molecule has 4 heteroatoms. The number of aromatic amines is 1. The Morgan fingerprint density at radius 1 is 1.47 bits per heavy atom. The molecule has 4 nitrogen and oxygen atoms in total. The fourth-order valence-electron chi connectivity index (χ4n) is 1.74. The summed E-state index contributed by atoms with van der Waals surface area (Å²) in [5.74, 6) is 0.595. The van der Waals surface area contributed by atoms with Crippen LogP contribution in [0.4, 0.5) is 5.69 Å². The Labute approximate surface area is 87.3 Å². The minimum Gasteiger partial charge on any atom is -0.495 e. The number of nitrogens with zero attached hydrogens (tertiary/aromatic N) is 1. The standard InChI is InChI=1S/C11H11N3O/c1-6-7(5-12)10-8(14-6)3-4-9(15-2)11(10)13/h3-4,14H,13H2,1-2H3. The maximum atomic E-state index is 9.03. The van der Waals surface area contributed by atoms with E-state index in [1.807, 2.05) is 13.0 Å². The molecule has 2 aromatic rings. The van der Waals surface area contributed by atoms with Crippen LogP contribution in [0.1, 0.15) is 11.3 Å². The first-order valence-corrected chi connectivity index (χ1v) is 4.54. The van der Waals surface area contributed by atoms with Crippen LogP contribution in [0.2, 0.25) is 0 Å². The van der Waals surface area contributed by atoms with E-state index in [1.54, 1.807) is 13.2 Å². The summed E-state index contributed by atoms with van der Waals surface area (Å²) in [4.78, 5) is 3.11. The van der Waals surface area contributed by atoms with Crippen LogP contribution in [0.15, 0.2) is 12.1 Å². The fourth-order valence-corrected chi connectivity index (χ4v) is 1.74. The van der Waals surface area contributed by atoms with Gasteiger partial charge in [0.2, 0.25) is 0 Å². The SMILES string of the molecule is COc1ccc2[nH]c(C)c(C#N)c2c1N. The second-order valence-corrected chi connectivity index (χ2v) is 3.34. The first-order valence-electron chi connectivity index (χ1n) is 4.54. The number of benzene rings is 1. The van der Waals surface area contributed by atoms with E-state index in [1.165, 1.54) is 0 Å². The van der Waals surface area contributed by atoms with Gasteiger partial charge in [0, 0.05) is 16.6 Å². The quantitative estimate of drug-likeness (QED) is 0.692. The van der Waals surface area contributed by atoms with Crippen LogP contribution in [-0.4, -0.2) is 12.1 Å². The number of nitrogens with one attached hydrogen (secondary N) is 1. The maximum absolute atomic E-state index is 9.03. The van der Waals surface area contributed by atoms with Crippen molar-refractivity contribution in [1.82, 2.24) is 4.98 Å². The molecule has 0 saturated carbocycles. The number of H-pyrrole nitrogens is 1. The van der Waals surface area contributed by atoms with E-state index in [0.717, 1.165) is 16.6 Å². The van der Waals surface area contributed by atoms with Gasteiger partial charge in [-0.25, -0.2) is 0 Å². The molecule has 0 bridgehead atoms. The Kier molecular flexibility index (Phi) is 2.01. The first kappa shape index (κ1) is 9.41. The molecule has 0 aliphatic carbocycles. The first-order chi connectivity index (χ1) is 7.19. The van der Waals surface area contributed by atoms with Gasteiger partial charge in [0.15, 0.2) is 0 Å². The molecule has 3 N–H and O–H groups in total. The average molecular weight is 201 g/mol. The smallest absolute Gasteiger partial charge is 0.142 e. The third-order valence-electron chi connectivity index (χ3n) is 2.48. The molecular weight excluding hydrogens is 190 g/mol. The lowest BCUT2D eigenvalue weighted by atomic mass is 10.1. The Bertz CT molecular complexity index is 563. The van der Waals surface area contributed by atoms with E-state index < -0.39 is 0 Å². The topological polar surface area (TPSA) is 74.8 Å². The van der Waals surface area contributed by atoms with E-state index in [2.05, 4.69) is 11.1 Å². The van der Waals surface area contributed by atoms with Crippen LogP contribution in [0.25, 0.3) is 10.9 Å². The van der Waals surface area contributed by atoms with Crippen molar-refractivity contribution < 1.29 is 4.74 Å². The van der Waals surface area contributed by atoms with Gasteiger partial charge < -0.3 is 15.5 Å². The molecule has 0 spiro atoms. The van der Waals surface area contributed by atoms with Gasteiger partial charge in [0.05, 0.1) is 18.4 Å². The summed E-state index contributed by atoms with van der Waals surface area (Å²) in [5.41, 5.74) is 8.71. The largest absolute Gasteiger partial charge is 0.495 e. The van der Waals surface area contributed by atoms with E-state index in [0.29, 0.717) is 17.0 Å². The second-order valence-electron chi connectivity index (χ2n) is 3.34. The number of nitriles is 1. The van der Waals surface area contributed by atoms with Gasteiger partial charge in [-0.15, -0.1) is 0 Å². The van der Waals surface area contributed by atoms with Crippen LogP contribution in [0.3, 0.4) is 0 Å². The number of hydrogen-bond acceptors (Lipinski definition) is 3. The van der Waals surface area contributed by atoms with Crippen LogP contribution >= 0.6 is 0 Å². The molecule has 0 atom stereocenters. The van der Waals surface area contributed by atoms with Gasteiger partial charge >= 0.3 is 0 Å². The minimum absolute atomic E-state index is 0.510. The van der Waals surface area contributed by atoms with Crippen molar-refractivity contribution in [1.29, 1.82) is 5.26 Å². The molecule has 0 amide bonds. The minimum atomic E-state index is 0.510. The third-order valence-corrected chi connectivity index (χ3v) is 2.48. The highest BCUT2D eigenvalue weighted by Gasteiger charge is 2.13. The van der Waals surface area contributed by atoms with Crippen molar-refractivity contribution in [2.45, 2.75) is 6.92 Å². The average Bonchev–Trinajstić information content (AvgIpc) is 2.55. The molecule has 0 unspecified atom stereocenters. The number of aryl methyl sites for hydroxylation is 1. The number of rotatable bonds is 1. The van der Waals surface area contributed by atoms with Gasteiger partial charge in [-0.1, -0.05) is 0 Å². The molecule has 0 aliphatic heterocycles. The highest BCUT2D eigenvalue weighted by molar-refractivity contribution is 5.99. The summed E-state index contributed by atoms with van der Waals surface area (Å²) in [5, 5.41) is 9.77. The van der Waals surface area contributed by atoms with Gasteiger partial charge in [-0.05, 0) is 19.1 Å².